The molecule has 0 radical (unpaired) electrons. The van der Waals surface area contributed by atoms with Crippen LogP contribution >= 0.6 is 11.6 Å². The van der Waals surface area contributed by atoms with Gasteiger partial charge in [-0.1, -0.05) is 50.1 Å². The smallest absolute Gasteiger partial charge is 0.262 e. The Morgan fingerprint density at radius 3 is 2.38 bits per heavy atom. The van der Waals surface area contributed by atoms with E-state index >= 15 is 0 Å². The lowest BCUT2D eigenvalue weighted by Crippen LogP contribution is -2.26. The molecule has 3 aromatic rings. The van der Waals surface area contributed by atoms with Gasteiger partial charge in [0.15, 0.2) is 0 Å². The van der Waals surface area contributed by atoms with Crippen molar-refractivity contribution in [2.24, 2.45) is 0 Å². The molecule has 2 aromatic carbocycles. The van der Waals surface area contributed by atoms with E-state index in [9.17, 15) is 9.59 Å². The maximum Gasteiger partial charge on any atom is 0.262 e. The Kier molecular flexibility index (Phi) is 8.60. The summed E-state index contributed by atoms with van der Waals surface area (Å²) in [5, 5.41) is 4.49. The highest BCUT2D eigenvalue weighted by Crippen LogP contribution is 2.31. The van der Waals surface area contributed by atoms with Gasteiger partial charge in [0.05, 0.1) is 19.0 Å². The predicted octanol–water partition coefficient (Wildman–Crippen LogP) is 6.47. The molecular formula is C27H35ClN2O3Si. The number of amides is 1. The Labute approximate surface area is 208 Å². The van der Waals surface area contributed by atoms with Gasteiger partial charge in [0, 0.05) is 36.3 Å². The fourth-order valence-corrected chi connectivity index (χ4v) is 5.64. The second kappa shape index (κ2) is 11.2. The first-order valence-electron chi connectivity index (χ1n) is 11.9. The fourth-order valence-electron chi connectivity index (χ4n) is 4.20. The van der Waals surface area contributed by atoms with Gasteiger partial charge in [-0.15, -0.1) is 0 Å². The van der Waals surface area contributed by atoms with Crippen LogP contribution in [0.2, 0.25) is 30.7 Å². The van der Waals surface area contributed by atoms with Crippen molar-refractivity contribution in [3.63, 3.8) is 0 Å². The highest BCUT2D eigenvalue weighted by Gasteiger charge is 2.22. The lowest BCUT2D eigenvalue weighted by molar-refractivity contribution is -0.120. The lowest BCUT2D eigenvalue weighted by atomic mass is 10.1. The molecule has 0 saturated heterocycles. The summed E-state index contributed by atoms with van der Waals surface area (Å²) in [7, 11) is 0.611. The molecule has 0 unspecified atom stereocenters. The number of hydrogen-bond acceptors (Lipinski definition) is 3. The molecule has 0 bridgehead atoms. The first kappa shape index (κ1) is 26.0. The fraction of sp³-hybridized carbons (Fsp3) is 0.407. The van der Waals surface area contributed by atoms with Gasteiger partial charge in [-0.3, -0.25) is 14.2 Å². The molecule has 0 aliphatic carbocycles. The van der Waals surface area contributed by atoms with Crippen LogP contribution in [0.5, 0.6) is 5.75 Å². The number of benzene rings is 2. The van der Waals surface area contributed by atoms with Crippen molar-refractivity contribution in [1.82, 2.24) is 9.88 Å². The number of ether oxygens (including phenoxy) is 1. The molecule has 0 atom stereocenters. The molecule has 0 fully saturated rings. The van der Waals surface area contributed by atoms with Crippen molar-refractivity contribution in [3.05, 3.63) is 64.3 Å². The second-order valence-electron chi connectivity index (χ2n) is 9.99. The Bertz CT molecular complexity index is 1160. The van der Waals surface area contributed by atoms with Crippen LogP contribution in [0.1, 0.15) is 40.9 Å². The number of carbonyl (C=O) groups is 2. The van der Waals surface area contributed by atoms with Crippen LogP contribution in [0.25, 0.3) is 10.9 Å². The molecule has 0 aliphatic rings. The zero-order valence-corrected chi connectivity index (χ0v) is 22.6. The van der Waals surface area contributed by atoms with E-state index in [0.717, 1.165) is 35.0 Å². The van der Waals surface area contributed by atoms with Crippen molar-refractivity contribution in [2.75, 3.05) is 13.7 Å². The number of fused-ring (bicyclic) bond motifs is 1. The van der Waals surface area contributed by atoms with Gasteiger partial charge in [-0.25, -0.2) is 0 Å². The van der Waals surface area contributed by atoms with Gasteiger partial charge in [0.25, 0.3) is 5.91 Å². The van der Waals surface area contributed by atoms with Crippen LogP contribution in [-0.2, 0) is 11.2 Å². The first-order valence-corrected chi connectivity index (χ1v) is 15.9. The number of halogens is 1. The molecule has 182 valence electrons. The molecule has 7 heteroatoms. The Morgan fingerprint density at radius 2 is 1.74 bits per heavy atom. The predicted molar refractivity (Wildman–Crippen MR) is 143 cm³/mol. The van der Waals surface area contributed by atoms with Gasteiger partial charge < -0.3 is 10.1 Å². The molecule has 1 amide bonds. The van der Waals surface area contributed by atoms with E-state index in [-0.39, 0.29) is 18.2 Å². The summed E-state index contributed by atoms with van der Waals surface area (Å²) < 4.78 is 7.09. The zero-order chi connectivity index (χ0) is 24.9. The lowest BCUT2D eigenvalue weighted by Gasteiger charge is -2.15. The molecule has 3 rings (SSSR count). The first-order chi connectivity index (χ1) is 16.1. The summed E-state index contributed by atoms with van der Waals surface area (Å²) in [5.74, 6) is 0.500. The molecule has 0 saturated carbocycles. The molecule has 0 aliphatic heterocycles. The largest absolute Gasteiger partial charge is 0.497 e. The molecular weight excluding hydrogens is 464 g/mol. The molecule has 5 nitrogen and oxygen atoms in total. The minimum atomic E-state index is -0.999. The van der Waals surface area contributed by atoms with Gasteiger partial charge in [-0.2, -0.15) is 0 Å². The van der Waals surface area contributed by atoms with Gasteiger partial charge >= 0.3 is 0 Å². The van der Waals surface area contributed by atoms with E-state index in [0.29, 0.717) is 22.9 Å². The number of aromatic nitrogens is 1. The van der Waals surface area contributed by atoms with Crippen molar-refractivity contribution in [3.8, 4) is 5.75 Å². The standard InChI is InChI=1S/C27H35ClN2O3Si/c1-19-23(18-26(31)29-15-7-6-8-16-34(3,4)5)24-17-22(33-2)13-14-25(24)30(19)27(32)20-9-11-21(28)12-10-20/h9-14,17H,6-8,15-16,18H2,1-5H3,(H,29,31). The van der Waals surface area contributed by atoms with Crippen molar-refractivity contribution in [2.45, 2.75) is 58.3 Å². The van der Waals surface area contributed by atoms with Gasteiger partial charge in [0.2, 0.25) is 5.91 Å². The number of carbonyl (C=O) groups excluding carboxylic acids is 2. The molecule has 1 N–H and O–H groups in total. The number of rotatable bonds is 10. The molecule has 1 aromatic heterocycles. The van der Waals surface area contributed by atoms with E-state index < -0.39 is 8.07 Å². The van der Waals surface area contributed by atoms with E-state index in [4.69, 9.17) is 16.3 Å². The van der Waals surface area contributed by atoms with E-state index in [1.165, 1.54) is 12.5 Å². The average Bonchev–Trinajstić information content (AvgIpc) is 3.06. The second-order valence-corrected chi connectivity index (χ2v) is 16.1. The summed E-state index contributed by atoms with van der Waals surface area (Å²) >= 11 is 6.00. The summed E-state index contributed by atoms with van der Waals surface area (Å²) in [4.78, 5) is 26.2. The van der Waals surface area contributed by atoms with Crippen LogP contribution in [0, 0.1) is 6.92 Å². The van der Waals surface area contributed by atoms with Crippen molar-refractivity contribution in [1.29, 1.82) is 0 Å². The summed E-state index contributed by atoms with van der Waals surface area (Å²) in [6.07, 6.45) is 3.56. The maximum absolute atomic E-state index is 13.4. The SMILES string of the molecule is COc1ccc2c(c1)c(CC(=O)NCCCCC[Si](C)(C)C)c(C)n2C(=O)c1ccc(Cl)cc1. The van der Waals surface area contributed by atoms with Crippen LogP contribution in [0.4, 0.5) is 0 Å². The van der Waals surface area contributed by atoms with Crippen molar-refractivity contribution < 1.29 is 14.3 Å². The normalized spacial score (nSPS) is 11.6. The number of nitrogens with one attached hydrogen (secondary N) is 1. The Balaban J connectivity index is 1.79. The third kappa shape index (κ3) is 6.51. The minimum Gasteiger partial charge on any atom is -0.497 e. The summed E-state index contributed by atoms with van der Waals surface area (Å²) in [5.41, 5.74) is 2.89. The number of methoxy groups -OCH3 is 1. The third-order valence-electron chi connectivity index (χ3n) is 6.10. The zero-order valence-electron chi connectivity index (χ0n) is 20.8. The number of nitrogens with zero attached hydrogens (tertiary/aromatic N) is 1. The van der Waals surface area contributed by atoms with Crippen LogP contribution in [0.15, 0.2) is 42.5 Å². The summed E-state index contributed by atoms with van der Waals surface area (Å²) in [6.45, 7) is 9.73. The highest BCUT2D eigenvalue weighted by molar-refractivity contribution is 6.76. The molecule has 1 heterocycles. The molecule has 34 heavy (non-hydrogen) atoms. The van der Waals surface area contributed by atoms with E-state index in [1.54, 1.807) is 35.9 Å². The van der Waals surface area contributed by atoms with Crippen LogP contribution in [0.3, 0.4) is 0 Å². The molecule has 0 spiro atoms. The number of hydrogen-bond donors (Lipinski definition) is 1. The highest BCUT2D eigenvalue weighted by atomic mass is 35.5. The Hall–Kier alpha value is -2.57. The monoisotopic (exact) mass is 498 g/mol. The average molecular weight is 499 g/mol. The van der Waals surface area contributed by atoms with E-state index in [2.05, 4.69) is 25.0 Å². The topological polar surface area (TPSA) is 60.3 Å². The maximum atomic E-state index is 13.4. The van der Waals surface area contributed by atoms with Crippen LogP contribution in [-0.4, -0.2) is 38.1 Å². The third-order valence-corrected chi connectivity index (χ3v) is 8.20. The quantitative estimate of drug-likeness (QED) is 0.257. The van der Waals surface area contributed by atoms with Crippen LogP contribution < -0.4 is 10.1 Å². The van der Waals surface area contributed by atoms with Crippen molar-refractivity contribution >= 4 is 42.4 Å². The van der Waals surface area contributed by atoms with Gasteiger partial charge in [-0.05, 0) is 61.4 Å². The Morgan fingerprint density at radius 1 is 1.03 bits per heavy atom. The summed E-state index contributed by atoms with van der Waals surface area (Å²) in [6, 6.07) is 13.8. The van der Waals surface area contributed by atoms with Gasteiger partial charge in [0.1, 0.15) is 5.75 Å². The van der Waals surface area contributed by atoms with E-state index in [1.807, 2.05) is 25.1 Å². The number of unbranched alkanes of at least 4 members (excludes halogenated alkanes) is 2. The minimum absolute atomic E-state index is 0.0332.